The van der Waals surface area contributed by atoms with Gasteiger partial charge in [-0.1, -0.05) is 0 Å². The fourth-order valence-electron chi connectivity index (χ4n) is 1.13. The minimum absolute atomic E-state index is 0.208. The molecule has 1 nitrogen and oxygen atoms in total. The van der Waals surface area contributed by atoms with Gasteiger partial charge in [0.15, 0.2) is 5.92 Å². The topological polar surface area (TPSA) is 20.2 Å². The van der Waals surface area contributed by atoms with Gasteiger partial charge in [0.25, 0.3) is 0 Å². The molecule has 7 heteroatoms. The van der Waals surface area contributed by atoms with Crippen molar-refractivity contribution in [3.63, 3.8) is 0 Å². The molecule has 1 unspecified atom stereocenters. The van der Waals surface area contributed by atoms with Crippen LogP contribution < -0.4 is 0 Å². The minimum Gasteiger partial charge on any atom is -0.392 e. The molecule has 0 aliphatic heterocycles. The van der Waals surface area contributed by atoms with Gasteiger partial charge in [-0.3, -0.25) is 0 Å². The molecule has 0 aromatic carbocycles. The van der Waals surface area contributed by atoms with E-state index in [1.165, 1.54) is 6.92 Å². The Morgan fingerprint density at radius 2 is 1.50 bits per heavy atom. The summed E-state index contributed by atoms with van der Waals surface area (Å²) in [4.78, 5) is 0. The van der Waals surface area contributed by atoms with Gasteiger partial charge >= 0.3 is 12.4 Å². The Morgan fingerprint density at radius 1 is 1.06 bits per heavy atom. The third-order valence-electron chi connectivity index (χ3n) is 1.83. The molecular weight excluding hydrogens is 238 g/mol. The first-order chi connectivity index (χ1) is 7.10. The van der Waals surface area contributed by atoms with E-state index in [1.54, 1.807) is 0 Å². The van der Waals surface area contributed by atoms with Crippen LogP contribution in [0.5, 0.6) is 0 Å². The Balaban J connectivity index is 4.70. The van der Waals surface area contributed by atoms with Gasteiger partial charge in [0.2, 0.25) is 0 Å². The molecule has 0 aromatic heterocycles. The third kappa shape index (κ3) is 4.75. The van der Waals surface area contributed by atoms with Gasteiger partial charge in [0.1, 0.15) is 0 Å². The largest absolute Gasteiger partial charge is 0.403 e. The van der Waals surface area contributed by atoms with Crippen LogP contribution in [0.15, 0.2) is 0 Å². The summed E-state index contributed by atoms with van der Waals surface area (Å²) >= 11 is 0. The third-order valence-corrected chi connectivity index (χ3v) is 1.83. The van der Waals surface area contributed by atoms with Gasteiger partial charge in [0.05, 0.1) is 6.10 Å². The second-order valence-electron chi connectivity index (χ2n) is 3.09. The molecule has 16 heavy (non-hydrogen) atoms. The van der Waals surface area contributed by atoms with Crippen molar-refractivity contribution in [2.24, 2.45) is 5.92 Å². The smallest absolute Gasteiger partial charge is 0.392 e. The summed E-state index contributed by atoms with van der Waals surface area (Å²) in [5, 5.41) is 8.90. The maximum absolute atomic E-state index is 12.1. The van der Waals surface area contributed by atoms with Crippen molar-refractivity contribution >= 4 is 0 Å². The highest BCUT2D eigenvalue weighted by Gasteiger charge is 2.59. The zero-order valence-corrected chi connectivity index (χ0v) is 8.28. The highest BCUT2D eigenvalue weighted by atomic mass is 19.4. The highest BCUT2D eigenvalue weighted by Crippen LogP contribution is 2.42. The van der Waals surface area contributed by atoms with Gasteiger partial charge < -0.3 is 5.11 Å². The highest BCUT2D eigenvalue weighted by molar-refractivity contribution is 4.96. The van der Waals surface area contributed by atoms with E-state index in [1.807, 2.05) is 0 Å². The number of hydrogen-bond donors (Lipinski definition) is 1. The lowest BCUT2D eigenvalue weighted by Gasteiger charge is -2.26. The van der Waals surface area contributed by atoms with Crippen LogP contribution in [-0.2, 0) is 0 Å². The lowest BCUT2D eigenvalue weighted by molar-refractivity contribution is -0.306. The van der Waals surface area contributed by atoms with E-state index in [-0.39, 0.29) is 6.42 Å². The van der Waals surface area contributed by atoms with E-state index in [4.69, 9.17) is 5.11 Å². The summed E-state index contributed by atoms with van der Waals surface area (Å²) < 4.78 is 72.4. The number of hydrogen-bond acceptors (Lipinski definition) is 1. The van der Waals surface area contributed by atoms with Crippen LogP contribution in [0.2, 0.25) is 0 Å². The van der Waals surface area contributed by atoms with Crippen molar-refractivity contribution in [1.29, 1.82) is 0 Å². The molecule has 0 radical (unpaired) electrons. The van der Waals surface area contributed by atoms with E-state index < -0.39 is 30.8 Å². The van der Waals surface area contributed by atoms with Crippen molar-refractivity contribution in [2.45, 2.75) is 38.2 Å². The maximum Gasteiger partial charge on any atom is 0.403 e. The number of rotatable bonds is 3. The molecule has 0 aliphatic rings. The van der Waals surface area contributed by atoms with Crippen LogP contribution in [0.3, 0.4) is 0 Å². The van der Waals surface area contributed by atoms with Crippen LogP contribution in [0, 0.1) is 17.8 Å². The lowest BCUT2D eigenvalue weighted by atomic mass is 9.97. The van der Waals surface area contributed by atoms with Gasteiger partial charge in [-0.25, -0.2) is 0 Å². The normalized spacial score (nSPS) is 14.6. The van der Waals surface area contributed by atoms with Crippen LogP contribution in [0.4, 0.5) is 26.3 Å². The molecule has 0 aliphatic carbocycles. The molecule has 0 rings (SSSR count). The molecule has 0 aromatic rings. The Kier molecular flexibility index (Phi) is 5.13. The summed E-state index contributed by atoms with van der Waals surface area (Å²) in [6.45, 7) is 1.40. The zero-order valence-electron chi connectivity index (χ0n) is 8.28. The molecule has 1 N–H and O–H groups in total. The predicted molar refractivity (Wildman–Crippen MR) is 44.3 cm³/mol. The summed E-state index contributed by atoms with van der Waals surface area (Å²) in [6.07, 6.45) is -14.4. The zero-order chi connectivity index (χ0) is 13.0. The van der Waals surface area contributed by atoms with Gasteiger partial charge in [-0.15, -0.1) is 11.8 Å². The first kappa shape index (κ1) is 15.1. The summed E-state index contributed by atoms with van der Waals surface area (Å²) in [5.41, 5.74) is 0. The van der Waals surface area contributed by atoms with E-state index in [9.17, 15) is 26.3 Å². The maximum atomic E-state index is 12.1. The SMILES string of the molecule is CC#CCCC(O)C(C(F)(F)F)C(F)(F)F. The van der Waals surface area contributed by atoms with Crippen LogP contribution in [0.1, 0.15) is 19.8 Å². The average molecular weight is 248 g/mol. The average Bonchev–Trinajstić information content (AvgIpc) is 1.98. The number of aliphatic hydroxyl groups is 1. The molecular formula is C9H10F6O. The quantitative estimate of drug-likeness (QED) is 0.601. The first-order valence-corrected chi connectivity index (χ1v) is 4.31. The lowest BCUT2D eigenvalue weighted by Crippen LogP contribution is -2.44. The van der Waals surface area contributed by atoms with Gasteiger partial charge in [-0.2, -0.15) is 26.3 Å². The molecule has 0 amide bonds. The molecule has 0 saturated carbocycles. The first-order valence-electron chi connectivity index (χ1n) is 4.31. The standard InChI is InChI=1S/C9H10F6O/c1-2-3-4-5-6(16)7(8(10,11)12)9(13,14)15/h6-7,16H,4-5H2,1H3. The van der Waals surface area contributed by atoms with Crippen LogP contribution >= 0.6 is 0 Å². The van der Waals surface area contributed by atoms with Gasteiger partial charge in [-0.05, 0) is 13.3 Å². The van der Waals surface area contributed by atoms with E-state index in [0.29, 0.717) is 0 Å². The van der Waals surface area contributed by atoms with Gasteiger partial charge in [0, 0.05) is 6.42 Å². The molecule has 0 bridgehead atoms. The Bertz CT molecular complexity index is 254. The van der Waals surface area contributed by atoms with E-state index in [2.05, 4.69) is 11.8 Å². The van der Waals surface area contributed by atoms with Crippen LogP contribution in [-0.4, -0.2) is 23.6 Å². The van der Waals surface area contributed by atoms with Crippen molar-refractivity contribution in [2.75, 3.05) is 0 Å². The van der Waals surface area contributed by atoms with E-state index in [0.717, 1.165) is 0 Å². The second kappa shape index (κ2) is 5.43. The summed E-state index contributed by atoms with van der Waals surface area (Å²) in [5.74, 6) is 0.899. The molecule has 0 fully saturated rings. The van der Waals surface area contributed by atoms with Crippen molar-refractivity contribution < 1.29 is 31.4 Å². The Morgan fingerprint density at radius 3 is 1.81 bits per heavy atom. The molecule has 1 atom stereocenters. The Hall–Kier alpha value is -0.900. The molecule has 0 heterocycles. The van der Waals surface area contributed by atoms with Crippen molar-refractivity contribution in [3.8, 4) is 11.8 Å². The van der Waals surface area contributed by atoms with Crippen molar-refractivity contribution in [3.05, 3.63) is 0 Å². The summed E-state index contributed by atoms with van der Waals surface area (Å²) in [6, 6.07) is 0. The predicted octanol–water partition coefficient (Wildman–Crippen LogP) is 2.89. The molecule has 94 valence electrons. The number of halogens is 6. The number of alkyl halides is 6. The Labute approximate surface area is 88.4 Å². The minimum atomic E-state index is -5.50. The molecule has 0 spiro atoms. The van der Waals surface area contributed by atoms with E-state index >= 15 is 0 Å². The fraction of sp³-hybridized carbons (Fsp3) is 0.778. The summed E-state index contributed by atoms with van der Waals surface area (Å²) in [7, 11) is 0. The van der Waals surface area contributed by atoms with Crippen molar-refractivity contribution in [1.82, 2.24) is 0 Å². The fourth-order valence-corrected chi connectivity index (χ4v) is 1.13. The van der Waals surface area contributed by atoms with Crippen LogP contribution in [0.25, 0.3) is 0 Å². The second-order valence-corrected chi connectivity index (χ2v) is 3.09. The monoisotopic (exact) mass is 248 g/mol. The number of aliphatic hydroxyl groups excluding tert-OH is 1. The molecule has 0 saturated heterocycles.